The number of hydrogen-bond donors (Lipinski definition) is 1. The number of nitrogen functional groups attached to an aromatic ring is 1. The molecule has 4 nitrogen and oxygen atoms in total. The van der Waals surface area contributed by atoms with Crippen molar-refractivity contribution in [2.45, 2.75) is 0 Å². The van der Waals surface area contributed by atoms with Crippen molar-refractivity contribution in [2.75, 3.05) is 5.73 Å². The van der Waals surface area contributed by atoms with E-state index in [0.29, 0.717) is 21.5 Å². The maximum atomic E-state index is 8.73. The van der Waals surface area contributed by atoms with E-state index >= 15 is 0 Å². The van der Waals surface area contributed by atoms with Crippen molar-refractivity contribution >= 4 is 28.9 Å². The molecule has 2 rings (SSSR count). The highest BCUT2D eigenvalue weighted by Crippen LogP contribution is 2.34. The topological polar surface area (TPSA) is 71.9 Å². The summed E-state index contributed by atoms with van der Waals surface area (Å²) in [7, 11) is 0. The second kappa shape index (κ2) is 5.13. The van der Waals surface area contributed by atoms with Gasteiger partial charge in [-0.2, -0.15) is 5.26 Å². The highest BCUT2D eigenvalue weighted by molar-refractivity contribution is 6.42. The van der Waals surface area contributed by atoms with Gasteiger partial charge >= 0.3 is 0 Å². The van der Waals surface area contributed by atoms with Crippen LogP contribution >= 0.6 is 23.2 Å². The number of hydrogen-bond acceptors (Lipinski definition) is 4. The molecule has 0 radical (unpaired) electrons. The lowest BCUT2D eigenvalue weighted by Crippen LogP contribution is -1.95. The van der Waals surface area contributed by atoms with Gasteiger partial charge in [-0.25, -0.2) is 4.98 Å². The summed E-state index contributed by atoms with van der Waals surface area (Å²) in [6, 6.07) is 9.76. The van der Waals surface area contributed by atoms with Crippen LogP contribution in [0.2, 0.25) is 10.0 Å². The summed E-state index contributed by atoms with van der Waals surface area (Å²) in [5.41, 5.74) is 6.34. The molecule has 6 heteroatoms. The molecule has 0 fully saturated rings. The van der Waals surface area contributed by atoms with E-state index in [2.05, 4.69) is 4.98 Å². The lowest BCUT2D eigenvalue weighted by molar-refractivity contribution is 0.465. The van der Waals surface area contributed by atoms with Crippen LogP contribution < -0.4 is 10.5 Å². The Morgan fingerprint density at radius 1 is 1.22 bits per heavy atom. The van der Waals surface area contributed by atoms with Gasteiger partial charge in [0.1, 0.15) is 11.8 Å². The second-order valence-electron chi connectivity index (χ2n) is 3.38. The molecule has 0 aliphatic carbocycles. The Labute approximate surface area is 114 Å². The Morgan fingerprint density at radius 2 is 1.94 bits per heavy atom. The number of halogens is 2. The molecule has 1 aromatic heterocycles. The van der Waals surface area contributed by atoms with Crippen LogP contribution in [0.1, 0.15) is 5.69 Å². The van der Waals surface area contributed by atoms with Crippen molar-refractivity contribution in [1.29, 1.82) is 5.26 Å². The third-order valence-electron chi connectivity index (χ3n) is 2.11. The average molecular weight is 280 g/mol. The molecule has 0 saturated carbocycles. The van der Waals surface area contributed by atoms with E-state index in [1.807, 2.05) is 6.07 Å². The fourth-order valence-corrected chi connectivity index (χ4v) is 1.60. The highest BCUT2D eigenvalue weighted by Gasteiger charge is 2.08. The third-order valence-corrected chi connectivity index (χ3v) is 2.83. The third kappa shape index (κ3) is 2.65. The van der Waals surface area contributed by atoms with Gasteiger partial charge in [0.05, 0.1) is 15.7 Å². The summed E-state index contributed by atoms with van der Waals surface area (Å²) in [5, 5.41) is 9.41. The maximum absolute atomic E-state index is 8.73. The predicted molar refractivity (Wildman–Crippen MR) is 69.9 cm³/mol. The van der Waals surface area contributed by atoms with Crippen LogP contribution in [0.5, 0.6) is 11.6 Å². The Balaban J connectivity index is 2.34. The van der Waals surface area contributed by atoms with Crippen molar-refractivity contribution in [1.82, 2.24) is 4.98 Å². The first kappa shape index (κ1) is 12.5. The number of aromatic nitrogens is 1. The molecule has 2 aromatic rings. The van der Waals surface area contributed by atoms with Gasteiger partial charge in [0.25, 0.3) is 0 Å². The van der Waals surface area contributed by atoms with Gasteiger partial charge in [-0.05, 0) is 12.1 Å². The molecule has 0 aliphatic rings. The number of anilines is 1. The molecule has 18 heavy (non-hydrogen) atoms. The zero-order valence-corrected chi connectivity index (χ0v) is 10.5. The number of nitrogens with two attached hydrogens (primary N) is 1. The zero-order chi connectivity index (χ0) is 13.1. The van der Waals surface area contributed by atoms with Crippen LogP contribution in [0.15, 0.2) is 30.3 Å². The van der Waals surface area contributed by atoms with Crippen LogP contribution in [0.3, 0.4) is 0 Å². The molecule has 0 unspecified atom stereocenters. The standard InChI is InChI=1S/C12H7Cl2N3O/c13-8-4-10(16)11(5-9(8)14)18-12-3-1-2-7(6-15)17-12/h1-5H,16H2. The van der Waals surface area contributed by atoms with Gasteiger partial charge in [-0.3, -0.25) is 0 Å². The van der Waals surface area contributed by atoms with Gasteiger partial charge in [0.2, 0.25) is 5.88 Å². The number of ether oxygens (including phenoxy) is 1. The Bertz CT molecular complexity index is 638. The quantitative estimate of drug-likeness (QED) is 0.852. The summed E-state index contributed by atoms with van der Waals surface area (Å²) < 4.78 is 5.46. The first-order chi connectivity index (χ1) is 8.60. The van der Waals surface area contributed by atoms with E-state index in [1.165, 1.54) is 12.1 Å². The summed E-state index contributed by atoms with van der Waals surface area (Å²) in [6.45, 7) is 0. The Morgan fingerprint density at radius 3 is 2.67 bits per heavy atom. The molecule has 0 spiro atoms. The first-order valence-corrected chi connectivity index (χ1v) is 5.65. The normalized spacial score (nSPS) is 9.83. The van der Waals surface area contributed by atoms with E-state index in [-0.39, 0.29) is 11.6 Å². The van der Waals surface area contributed by atoms with Crippen molar-refractivity contribution in [3.63, 3.8) is 0 Å². The predicted octanol–water partition coefficient (Wildman–Crippen LogP) is 3.63. The molecule has 0 atom stereocenters. The van der Waals surface area contributed by atoms with Crippen molar-refractivity contribution in [3.8, 4) is 17.7 Å². The van der Waals surface area contributed by atoms with Crippen LogP contribution in [-0.4, -0.2) is 4.98 Å². The lowest BCUT2D eigenvalue weighted by Gasteiger charge is -2.08. The van der Waals surface area contributed by atoms with Crippen molar-refractivity contribution < 1.29 is 4.74 Å². The summed E-state index contributed by atoms with van der Waals surface area (Å²) in [4.78, 5) is 3.96. The summed E-state index contributed by atoms with van der Waals surface area (Å²) >= 11 is 11.7. The highest BCUT2D eigenvalue weighted by atomic mass is 35.5. The maximum Gasteiger partial charge on any atom is 0.220 e. The zero-order valence-electron chi connectivity index (χ0n) is 9.02. The van der Waals surface area contributed by atoms with E-state index in [4.69, 9.17) is 38.9 Å². The Kier molecular flexibility index (Phi) is 3.56. The van der Waals surface area contributed by atoms with Crippen molar-refractivity contribution in [3.05, 3.63) is 46.1 Å². The number of rotatable bonds is 2. The van der Waals surface area contributed by atoms with E-state index in [1.54, 1.807) is 18.2 Å². The minimum atomic E-state index is 0.256. The number of nitrogens with zero attached hydrogens (tertiary/aromatic N) is 2. The number of nitriles is 1. The van der Waals surface area contributed by atoms with Gasteiger partial charge in [-0.1, -0.05) is 29.3 Å². The monoisotopic (exact) mass is 279 g/mol. The molecule has 2 N–H and O–H groups in total. The summed E-state index contributed by atoms with van der Waals surface area (Å²) in [5.74, 6) is 0.603. The van der Waals surface area contributed by atoms with Crippen LogP contribution in [0.25, 0.3) is 0 Å². The van der Waals surface area contributed by atoms with Crippen LogP contribution in [0.4, 0.5) is 5.69 Å². The fourth-order valence-electron chi connectivity index (χ4n) is 1.28. The molecule has 1 aromatic carbocycles. The van der Waals surface area contributed by atoms with E-state index in [9.17, 15) is 0 Å². The van der Waals surface area contributed by atoms with Gasteiger partial charge in [-0.15, -0.1) is 0 Å². The molecule has 0 saturated heterocycles. The molecule has 0 bridgehead atoms. The van der Waals surface area contributed by atoms with Gasteiger partial charge in [0, 0.05) is 12.1 Å². The molecule has 0 amide bonds. The van der Waals surface area contributed by atoms with Gasteiger partial charge in [0.15, 0.2) is 5.75 Å². The second-order valence-corrected chi connectivity index (χ2v) is 4.19. The molecule has 90 valence electrons. The molecule has 0 aliphatic heterocycles. The average Bonchev–Trinajstić information content (AvgIpc) is 2.36. The Hall–Kier alpha value is -1.96. The molecule has 1 heterocycles. The molecular formula is C12H7Cl2N3O. The van der Waals surface area contributed by atoms with Gasteiger partial charge < -0.3 is 10.5 Å². The lowest BCUT2D eigenvalue weighted by atomic mass is 10.3. The van der Waals surface area contributed by atoms with Crippen LogP contribution in [-0.2, 0) is 0 Å². The van der Waals surface area contributed by atoms with E-state index in [0.717, 1.165) is 0 Å². The minimum absolute atomic E-state index is 0.256. The summed E-state index contributed by atoms with van der Waals surface area (Å²) in [6.07, 6.45) is 0. The first-order valence-electron chi connectivity index (χ1n) is 4.89. The number of pyridine rings is 1. The SMILES string of the molecule is N#Cc1cccc(Oc2cc(Cl)c(Cl)cc2N)n1. The van der Waals surface area contributed by atoms with Crippen LogP contribution in [0, 0.1) is 11.3 Å². The fraction of sp³-hybridized carbons (Fsp3) is 0. The molecular weight excluding hydrogens is 273 g/mol. The van der Waals surface area contributed by atoms with Crippen molar-refractivity contribution in [2.24, 2.45) is 0 Å². The number of benzene rings is 1. The van der Waals surface area contributed by atoms with E-state index < -0.39 is 0 Å². The minimum Gasteiger partial charge on any atom is -0.437 e. The largest absolute Gasteiger partial charge is 0.437 e. The smallest absolute Gasteiger partial charge is 0.220 e.